The van der Waals surface area contributed by atoms with Crippen LogP contribution in [0.3, 0.4) is 0 Å². The van der Waals surface area contributed by atoms with Gasteiger partial charge in [-0.3, -0.25) is 4.79 Å². The number of phenols is 1. The molecule has 1 amide bonds. The number of rotatable bonds is 1. The number of nitrogens with zero attached hydrogens (tertiary/aromatic N) is 2. The van der Waals surface area contributed by atoms with Gasteiger partial charge < -0.3 is 16.6 Å². The van der Waals surface area contributed by atoms with E-state index in [1.165, 1.54) is 12.1 Å². The second kappa shape index (κ2) is 4.31. The summed E-state index contributed by atoms with van der Waals surface area (Å²) in [5.41, 5.74) is 10.8. The minimum absolute atomic E-state index is 0.0926. The number of aromatic hydroxyl groups is 1. The lowest BCUT2D eigenvalue weighted by molar-refractivity contribution is 0.1000. The predicted octanol–water partition coefficient (Wildman–Crippen LogP) is 0.665. The number of carbonyl (C=O) groups excluding carboxylic acids is 1. The van der Waals surface area contributed by atoms with E-state index in [2.05, 4.69) is 9.84 Å². The van der Waals surface area contributed by atoms with Gasteiger partial charge in [0.1, 0.15) is 5.75 Å². The summed E-state index contributed by atoms with van der Waals surface area (Å²) < 4.78 is 0. The lowest BCUT2D eigenvalue weighted by Gasteiger charge is -2.03. The van der Waals surface area contributed by atoms with Crippen molar-refractivity contribution in [3.63, 3.8) is 0 Å². The molecule has 6 heteroatoms. The zero-order valence-corrected chi connectivity index (χ0v) is 8.56. The summed E-state index contributed by atoms with van der Waals surface area (Å²) >= 11 is 0. The van der Waals surface area contributed by atoms with Crippen molar-refractivity contribution in [2.45, 2.75) is 6.92 Å². The van der Waals surface area contributed by atoms with E-state index in [1.54, 1.807) is 6.92 Å². The van der Waals surface area contributed by atoms with Gasteiger partial charge in [0.15, 0.2) is 11.6 Å². The number of hydrogen-bond donors (Lipinski definition) is 3. The van der Waals surface area contributed by atoms with Crippen LogP contribution < -0.4 is 11.5 Å². The highest BCUT2D eigenvalue weighted by Crippen LogP contribution is 2.28. The number of guanidine groups is 1. The quantitative estimate of drug-likeness (QED) is 0.365. The van der Waals surface area contributed by atoms with Crippen LogP contribution in [-0.4, -0.2) is 17.0 Å². The highest BCUT2D eigenvalue weighted by atomic mass is 16.3. The van der Waals surface area contributed by atoms with Gasteiger partial charge in [-0.25, -0.2) is 4.85 Å². The Kier molecular flexibility index (Phi) is 3.11. The van der Waals surface area contributed by atoms with Crippen molar-refractivity contribution in [1.82, 2.24) is 0 Å². The van der Waals surface area contributed by atoms with Crippen molar-refractivity contribution < 1.29 is 9.90 Å². The Labute approximate surface area is 92.0 Å². The summed E-state index contributed by atoms with van der Waals surface area (Å²) in [6.07, 6.45) is 0. The molecule has 1 aromatic carbocycles. The smallest absolute Gasteiger partial charge is 0.282 e. The maximum absolute atomic E-state index is 11.4. The van der Waals surface area contributed by atoms with Crippen molar-refractivity contribution in [2.24, 2.45) is 16.5 Å². The fraction of sp³-hybridized carbons (Fsp3) is 0.100. The molecular weight excluding hydrogens is 208 g/mol. The van der Waals surface area contributed by atoms with Gasteiger partial charge in [0.2, 0.25) is 0 Å². The topological polar surface area (TPSA) is 106 Å². The summed E-state index contributed by atoms with van der Waals surface area (Å²) in [5.74, 6) is -1.42. The van der Waals surface area contributed by atoms with E-state index in [0.717, 1.165) is 0 Å². The molecule has 1 aromatic rings. The lowest BCUT2D eigenvalue weighted by atomic mass is 10.1. The van der Waals surface area contributed by atoms with Gasteiger partial charge in [-0.05, 0) is 24.6 Å². The fourth-order valence-electron chi connectivity index (χ4n) is 1.15. The molecule has 0 bridgehead atoms. The van der Waals surface area contributed by atoms with Crippen molar-refractivity contribution in [1.29, 1.82) is 0 Å². The molecule has 82 valence electrons. The van der Waals surface area contributed by atoms with Gasteiger partial charge in [0.25, 0.3) is 5.91 Å². The number of amides is 1. The van der Waals surface area contributed by atoms with Crippen molar-refractivity contribution in [3.05, 3.63) is 34.7 Å². The minimum Gasteiger partial charge on any atom is -0.507 e. The molecule has 1 rings (SSSR count). The first-order valence-electron chi connectivity index (χ1n) is 4.30. The molecule has 0 saturated heterocycles. The Hall–Kier alpha value is -2.55. The molecule has 0 aromatic heterocycles. The van der Waals surface area contributed by atoms with Crippen LogP contribution in [0.25, 0.3) is 4.85 Å². The molecule has 0 heterocycles. The van der Waals surface area contributed by atoms with E-state index in [-0.39, 0.29) is 17.0 Å². The maximum Gasteiger partial charge on any atom is 0.282 e. The second-order valence-corrected chi connectivity index (χ2v) is 3.11. The number of aliphatic imine (C=N–C) groups is 1. The monoisotopic (exact) mass is 218 g/mol. The summed E-state index contributed by atoms with van der Waals surface area (Å²) in [5, 5.41) is 9.52. The van der Waals surface area contributed by atoms with Crippen LogP contribution in [0.1, 0.15) is 15.9 Å². The van der Waals surface area contributed by atoms with Gasteiger partial charge in [-0.2, -0.15) is 4.99 Å². The molecular formula is C10H10N4O2. The van der Waals surface area contributed by atoms with Gasteiger partial charge in [-0.1, -0.05) is 0 Å². The largest absolute Gasteiger partial charge is 0.507 e. The molecule has 0 aliphatic heterocycles. The number of phenolic OH excluding ortho intramolecular Hbond substituents is 1. The van der Waals surface area contributed by atoms with Crippen LogP contribution in [0, 0.1) is 13.5 Å². The molecule has 0 unspecified atom stereocenters. The highest BCUT2D eigenvalue weighted by Gasteiger charge is 2.13. The molecule has 0 aliphatic rings. The van der Waals surface area contributed by atoms with Crippen molar-refractivity contribution in [2.75, 3.05) is 0 Å². The average Bonchev–Trinajstić information content (AvgIpc) is 2.16. The second-order valence-electron chi connectivity index (χ2n) is 3.11. The minimum atomic E-state index is -0.776. The first kappa shape index (κ1) is 11.5. The van der Waals surface area contributed by atoms with E-state index in [0.29, 0.717) is 5.56 Å². The zero-order chi connectivity index (χ0) is 12.3. The summed E-state index contributed by atoms with van der Waals surface area (Å²) in [7, 11) is 0. The van der Waals surface area contributed by atoms with Crippen LogP contribution in [-0.2, 0) is 0 Å². The average molecular weight is 218 g/mol. The van der Waals surface area contributed by atoms with E-state index >= 15 is 0 Å². The fourth-order valence-corrected chi connectivity index (χ4v) is 1.15. The highest BCUT2D eigenvalue weighted by molar-refractivity contribution is 6.04. The molecule has 0 radical (unpaired) electrons. The van der Waals surface area contributed by atoms with Crippen molar-refractivity contribution in [3.8, 4) is 5.75 Å². The normalized spacial score (nSPS) is 9.25. The Morgan fingerprint density at radius 2 is 2.12 bits per heavy atom. The molecule has 6 nitrogen and oxygen atoms in total. The molecule has 5 N–H and O–H groups in total. The van der Waals surface area contributed by atoms with Gasteiger partial charge in [-0.15, -0.1) is 0 Å². The Morgan fingerprint density at radius 3 is 2.62 bits per heavy atom. The van der Waals surface area contributed by atoms with Crippen LogP contribution >= 0.6 is 0 Å². The van der Waals surface area contributed by atoms with E-state index in [4.69, 9.17) is 18.0 Å². The van der Waals surface area contributed by atoms with Gasteiger partial charge >= 0.3 is 0 Å². The van der Waals surface area contributed by atoms with Gasteiger partial charge in [0, 0.05) is 0 Å². The molecule has 0 spiro atoms. The molecule has 0 aliphatic carbocycles. The molecule has 0 saturated carbocycles. The summed E-state index contributed by atoms with van der Waals surface area (Å²) in [6, 6.07) is 2.58. The van der Waals surface area contributed by atoms with Crippen LogP contribution in [0.4, 0.5) is 5.69 Å². The first-order valence-corrected chi connectivity index (χ1v) is 4.30. The standard InChI is InChI=1S/C10H10N4O2/c1-5-3-8(15)6(4-7(5)13-2)9(16)14-10(11)12/h3-4,15H,1H3,(H4,11,12,14,16). The summed E-state index contributed by atoms with van der Waals surface area (Å²) in [6.45, 7) is 8.54. The SMILES string of the molecule is [C-]#[N+]c1cc(C(=O)N=C(N)N)c(O)cc1C. The third-order valence-electron chi connectivity index (χ3n) is 1.90. The predicted molar refractivity (Wildman–Crippen MR) is 59.2 cm³/mol. The number of nitrogens with two attached hydrogens (primary N) is 2. The number of hydrogen-bond acceptors (Lipinski definition) is 2. The number of carbonyl (C=O) groups is 1. The molecule has 0 fully saturated rings. The molecule has 0 atom stereocenters. The van der Waals surface area contributed by atoms with Crippen LogP contribution in [0.15, 0.2) is 17.1 Å². The maximum atomic E-state index is 11.4. The third-order valence-corrected chi connectivity index (χ3v) is 1.90. The summed E-state index contributed by atoms with van der Waals surface area (Å²) in [4.78, 5) is 17.9. The Bertz CT molecular complexity index is 510. The third kappa shape index (κ3) is 2.27. The van der Waals surface area contributed by atoms with E-state index < -0.39 is 11.9 Å². The van der Waals surface area contributed by atoms with Crippen molar-refractivity contribution >= 4 is 17.6 Å². The van der Waals surface area contributed by atoms with Crippen LogP contribution in [0.5, 0.6) is 5.75 Å². The van der Waals surface area contributed by atoms with E-state index in [1.807, 2.05) is 0 Å². The molecule has 16 heavy (non-hydrogen) atoms. The Morgan fingerprint density at radius 1 is 1.50 bits per heavy atom. The number of aryl methyl sites for hydroxylation is 1. The lowest BCUT2D eigenvalue weighted by Crippen LogP contribution is -2.24. The van der Waals surface area contributed by atoms with Crippen LogP contribution in [0.2, 0.25) is 0 Å². The van der Waals surface area contributed by atoms with Gasteiger partial charge in [0.05, 0.1) is 12.1 Å². The van der Waals surface area contributed by atoms with E-state index in [9.17, 15) is 9.90 Å². The zero-order valence-electron chi connectivity index (χ0n) is 8.56. The Balaban J connectivity index is 3.31. The number of benzene rings is 1. The first-order chi connectivity index (χ1) is 7.45.